The molecule has 0 saturated carbocycles. The topological polar surface area (TPSA) is 78.9 Å². The third kappa shape index (κ3) is 50.1. The maximum Gasteiger partial charge on any atom is 0.306 e. The maximum atomic E-state index is 12.5. The summed E-state index contributed by atoms with van der Waals surface area (Å²) in [5, 5.41) is 0. The lowest BCUT2D eigenvalue weighted by atomic mass is 10.0. The van der Waals surface area contributed by atoms with Crippen LogP contribution in [0.3, 0.4) is 0 Å². The fraction of sp³-hybridized carbons (Fsp3) is 0.776. The molecule has 0 aliphatic heterocycles. The Balaban J connectivity index is 3.74. The van der Waals surface area contributed by atoms with Crippen LogP contribution >= 0.6 is 0 Å². The van der Waals surface area contributed by atoms with Crippen LogP contribution in [-0.2, 0) is 28.6 Å². The molecular formula is C58H102O6. The standard InChI is InChI=1S/C58H102O6/c1-4-7-10-13-15-16-17-18-19-20-21-22-23-24-25-26-27-28-29-30-31-32-33-34-35-36-37-38-39-40-41-42-43-46-48-51-57(60)63-54-55(53-62-56(59)50-47-44-12-9-6-3)64-58(61)52-49-45-14-11-8-5-2/h7,10,15-16,18-19,21-22,24-25,55H,4-6,8-9,11-14,17,20,23,26-54H2,1-3H3/b10-7-,16-15-,19-18-,22-21-,25-24-. The minimum Gasteiger partial charge on any atom is -0.462 e. The number of hydrogen-bond donors (Lipinski definition) is 0. The maximum absolute atomic E-state index is 12.5. The summed E-state index contributed by atoms with van der Waals surface area (Å²) in [6.07, 6.45) is 66.0. The fourth-order valence-electron chi connectivity index (χ4n) is 7.70. The largest absolute Gasteiger partial charge is 0.462 e. The second kappa shape index (κ2) is 52.7. The number of hydrogen-bond acceptors (Lipinski definition) is 6. The van der Waals surface area contributed by atoms with Crippen LogP contribution in [-0.4, -0.2) is 37.2 Å². The number of carbonyl (C=O) groups excluding carboxylic acids is 3. The summed E-state index contributed by atoms with van der Waals surface area (Å²) in [6, 6.07) is 0. The van der Waals surface area contributed by atoms with E-state index in [1.807, 2.05) is 0 Å². The van der Waals surface area contributed by atoms with Crippen molar-refractivity contribution in [3.63, 3.8) is 0 Å². The number of rotatable bonds is 49. The smallest absolute Gasteiger partial charge is 0.306 e. The molecule has 0 rings (SSSR count). The Labute approximate surface area is 396 Å². The van der Waals surface area contributed by atoms with Crippen molar-refractivity contribution >= 4 is 17.9 Å². The van der Waals surface area contributed by atoms with Crippen LogP contribution in [0, 0.1) is 0 Å². The van der Waals surface area contributed by atoms with Gasteiger partial charge < -0.3 is 14.2 Å². The van der Waals surface area contributed by atoms with Gasteiger partial charge in [-0.15, -0.1) is 0 Å². The Kier molecular flexibility index (Phi) is 50.4. The number of ether oxygens (including phenoxy) is 3. The van der Waals surface area contributed by atoms with Gasteiger partial charge in [-0.2, -0.15) is 0 Å². The van der Waals surface area contributed by atoms with Crippen molar-refractivity contribution < 1.29 is 28.6 Å². The van der Waals surface area contributed by atoms with Crippen molar-refractivity contribution in [2.45, 2.75) is 277 Å². The molecule has 0 fully saturated rings. The highest BCUT2D eigenvalue weighted by Crippen LogP contribution is 2.16. The first kappa shape index (κ1) is 61.1. The van der Waals surface area contributed by atoms with Gasteiger partial charge in [-0.25, -0.2) is 0 Å². The molecule has 64 heavy (non-hydrogen) atoms. The van der Waals surface area contributed by atoms with Crippen LogP contribution < -0.4 is 0 Å². The van der Waals surface area contributed by atoms with E-state index in [4.69, 9.17) is 14.2 Å². The quantitative estimate of drug-likeness (QED) is 0.0262. The zero-order valence-electron chi connectivity index (χ0n) is 42.3. The summed E-state index contributed by atoms with van der Waals surface area (Å²) in [7, 11) is 0. The van der Waals surface area contributed by atoms with E-state index in [2.05, 4.69) is 81.5 Å². The highest BCUT2D eigenvalue weighted by Gasteiger charge is 2.19. The van der Waals surface area contributed by atoms with Crippen LogP contribution in [0.4, 0.5) is 0 Å². The normalized spacial score (nSPS) is 12.5. The number of esters is 3. The van der Waals surface area contributed by atoms with Gasteiger partial charge in [0.2, 0.25) is 0 Å². The van der Waals surface area contributed by atoms with Crippen LogP contribution in [0.5, 0.6) is 0 Å². The number of unbranched alkanes of at least 4 members (excludes halogenated alkanes) is 28. The van der Waals surface area contributed by atoms with E-state index < -0.39 is 6.10 Å². The molecule has 0 N–H and O–H groups in total. The fourth-order valence-corrected chi connectivity index (χ4v) is 7.70. The van der Waals surface area contributed by atoms with Crippen molar-refractivity contribution in [2.75, 3.05) is 13.2 Å². The predicted molar refractivity (Wildman–Crippen MR) is 275 cm³/mol. The molecule has 0 radical (unpaired) electrons. The van der Waals surface area contributed by atoms with Crippen molar-refractivity contribution in [3.05, 3.63) is 60.8 Å². The molecule has 0 heterocycles. The second-order valence-corrected chi connectivity index (χ2v) is 18.1. The summed E-state index contributed by atoms with van der Waals surface area (Å²) in [5.74, 6) is -0.889. The molecule has 6 heteroatoms. The summed E-state index contributed by atoms with van der Waals surface area (Å²) >= 11 is 0. The average Bonchev–Trinajstić information content (AvgIpc) is 3.29. The molecule has 0 amide bonds. The molecule has 0 aromatic carbocycles. The highest BCUT2D eigenvalue weighted by atomic mass is 16.6. The van der Waals surface area contributed by atoms with Gasteiger partial charge in [-0.05, 0) is 64.2 Å². The van der Waals surface area contributed by atoms with E-state index in [0.717, 1.165) is 96.3 Å². The molecule has 0 bridgehead atoms. The molecule has 6 nitrogen and oxygen atoms in total. The minimum absolute atomic E-state index is 0.0703. The van der Waals surface area contributed by atoms with E-state index in [0.29, 0.717) is 19.3 Å². The molecule has 370 valence electrons. The van der Waals surface area contributed by atoms with Gasteiger partial charge in [0.1, 0.15) is 13.2 Å². The Hall–Kier alpha value is -2.89. The van der Waals surface area contributed by atoms with Gasteiger partial charge in [0.05, 0.1) is 0 Å². The van der Waals surface area contributed by atoms with Gasteiger partial charge in [-0.3, -0.25) is 14.4 Å². The SMILES string of the molecule is CC/C=C\C/C=C\C/C=C\C/C=C\C/C=C\CCCCCCCCCCCCCCCCCCCCCC(=O)OCC(COC(=O)CCCCCCC)OC(=O)CCCCCCCC. The minimum atomic E-state index is -0.761. The third-order valence-corrected chi connectivity index (χ3v) is 11.8. The Morgan fingerprint density at radius 2 is 0.609 bits per heavy atom. The monoisotopic (exact) mass is 895 g/mol. The molecule has 0 aromatic heterocycles. The van der Waals surface area contributed by atoms with E-state index >= 15 is 0 Å². The first-order valence-corrected chi connectivity index (χ1v) is 27.3. The molecule has 1 atom stereocenters. The number of allylic oxidation sites excluding steroid dienone is 10. The molecule has 0 spiro atoms. The lowest BCUT2D eigenvalue weighted by molar-refractivity contribution is -0.167. The van der Waals surface area contributed by atoms with Gasteiger partial charge in [0.15, 0.2) is 6.10 Å². The van der Waals surface area contributed by atoms with Crippen molar-refractivity contribution in [2.24, 2.45) is 0 Å². The molecule has 0 aromatic rings. The molecule has 0 saturated heterocycles. The molecule has 0 aliphatic carbocycles. The summed E-state index contributed by atoms with van der Waals surface area (Å²) in [4.78, 5) is 37.3. The molecule has 0 aliphatic rings. The van der Waals surface area contributed by atoms with E-state index in [1.54, 1.807) is 0 Å². The zero-order chi connectivity index (χ0) is 46.5. The van der Waals surface area contributed by atoms with E-state index in [-0.39, 0.29) is 31.1 Å². The Bertz CT molecular complexity index is 1170. The summed E-state index contributed by atoms with van der Waals surface area (Å²) in [5.41, 5.74) is 0. The average molecular weight is 895 g/mol. The van der Waals surface area contributed by atoms with Gasteiger partial charge in [0.25, 0.3) is 0 Å². The Morgan fingerprint density at radius 1 is 0.328 bits per heavy atom. The van der Waals surface area contributed by atoms with Crippen LogP contribution in [0.15, 0.2) is 60.8 Å². The van der Waals surface area contributed by atoms with E-state index in [1.165, 1.54) is 135 Å². The van der Waals surface area contributed by atoms with Crippen LogP contribution in [0.2, 0.25) is 0 Å². The number of carbonyl (C=O) groups is 3. The summed E-state index contributed by atoms with van der Waals surface area (Å²) in [6.45, 7) is 6.38. The first-order valence-electron chi connectivity index (χ1n) is 27.3. The second-order valence-electron chi connectivity index (χ2n) is 18.1. The van der Waals surface area contributed by atoms with Crippen LogP contribution in [0.1, 0.15) is 271 Å². The lowest BCUT2D eigenvalue weighted by Crippen LogP contribution is -2.30. The van der Waals surface area contributed by atoms with Crippen molar-refractivity contribution in [3.8, 4) is 0 Å². The molecule has 1 unspecified atom stereocenters. The zero-order valence-corrected chi connectivity index (χ0v) is 42.3. The van der Waals surface area contributed by atoms with Gasteiger partial charge >= 0.3 is 17.9 Å². The van der Waals surface area contributed by atoms with Gasteiger partial charge in [-0.1, -0.05) is 248 Å². The van der Waals surface area contributed by atoms with E-state index in [9.17, 15) is 14.4 Å². The van der Waals surface area contributed by atoms with Gasteiger partial charge in [0, 0.05) is 19.3 Å². The van der Waals surface area contributed by atoms with Crippen molar-refractivity contribution in [1.29, 1.82) is 0 Å². The van der Waals surface area contributed by atoms with Crippen LogP contribution in [0.25, 0.3) is 0 Å². The third-order valence-electron chi connectivity index (χ3n) is 11.8. The Morgan fingerprint density at radius 3 is 0.953 bits per heavy atom. The van der Waals surface area contributed by atoms with Crippen molar-refractivity contribution in [1.82, 2.24) is 0 Å². The lowest BCUT2D eigenvalue weighted by Gasteiger charge is -2.18. The first-order chi connectivity index (χ1) is 31.5. The predicted octanol–water partition coefficient (Wildman–Crippen LogP) is 18.0. The highest BCUT2D eigenvalue weighted by molar-refractivity contribution is 5.71. The summed E-state index contributed by atoms with van der Waals surface area (Å²) < 4.78 is 16.5. The molecular weight excluding hydrogens is 793 g/mol.